The number of carbonyl (C=O) groups is 2. The predicted molar refractivity (Wildman–Crippen MR) is 159 cm³/mol. The first kappa shape index (κ1) is 28.9. The first-order valence-electron chi connectivity index (χ1n) is 13.0. The monoisotopic (exact) mass is 557 g/mol. The molecule has 4 aromatic rings. The number of ether oxygens (including phenoxy) is 1. The summed E-state index contributed by atoms with van der Waals surface area (Å²) in [5.41, 5.74) is 2.80. The van der Waals surface area contributed by atoms with E-state index in [1.165, 1.54) is 11.8 Å². The van der Waals surface area contributed by atoms with Crippen LogP contribution in [0.3, 0.4) is 0 Å². The standard InChI is InChI=1S/C31H35N5O3S/c1-21-12-16-24(17-13-21)36(27(29(38)32-31(2,3)4)22-14-18-25(39-6)19-15-22)26(37)20-40-30-34-33-28(35(30)5)23-10-8-7-9-11-23/h7-19,27H,20H2,1-6H3,(H,32,38)/t27-/m0/s1. The zero-order valence-electron chi connectivity index (χ0n) is 23.7. The van der Waals surface area contributed by atoms with Gasteiger partial charge in [0.15, 0.2) is 11.0 Å². The summed E-state index contributed by atoms with van der Waals surface area (Å²) in [5, 5.41) is 12.3. The minimum absolute atomic E-state index is 0.0596. The Hall–Kier alpha value is -4.11. The summed E-state index contributed by atoms with van der Waals surface area (Å²) < 4.78 is 7.20. The lowest BCUT2D eigenvalue weighted by Crippen LogP contribution is -2.50. The van der Waals surface area contributed by atoms with Gasteiger partial charge in [0.2, 0.25) is 11.8 Å². The van der Waals surface area contributed by atoms with Gasteiger partial charge in [0.25, 0.3) is 0 Å². The van der Waals surface area contributed by atoms with Gasteiger partial charge in [-0.2, -0.15) is 0 Å². The third-order valence-corrected chi connectivity index (χ3v) is 7.21. The Balaban J connectivity index is 1.69. The topological polar surface area (TPSA) is 89.3 Å². The highest BCUT2D eigenvalue weighted by Crippen LogP contribution is 2.32. The molecule has 1 atom stereocenters. The van der Waals surface area contributed by atoms with E-state index in [4.69, 9.17) is 4.74 Å². The van der Waals surface area contributed by atoms with Crippen molar-refractivity contribution >= 4 is 29.3 Å². The first-order chi connectivity index (χ1) is 19.1. The number of aromatic nitrogens is 3. The van der Waals surface area contributed by atoms with Gasteiger partial charge in [0.05, 0.1) is 12.9 Å². The highest BCUT2D eigenvalue weighted by atomic mass is 32.2. The molecule has 0 bridgehead atoms. The van der Waals surface area contributed by atoms with Gasteiger partial charge in [-0.15, -0.1) is 10.2 Å². The number of aryl methyl sites for hydroxylation is 1. The number of benzene rings is 3. The van der Waals surface area contributed by atoms with Crippen LogP contribution < -0.4 is 15.0 Å². The van der Waals surface area contributed by atoms with E-state index >= 15 is 0 Å². The Labute approximate surface area is 239 Å². The number of nitrogens with zero attached hydrogens (tertiary/aromatic N) is 4. The molecule has 1 heterocycles. The lowest BCUT2D eigenvalue weighted by atomic mass is 10.0. The van der Waals surface area contributed by atoms with Gasteiger partial charge in [0, 0.05) is 23.8 Å². The number of thioether (sulfide) groups is 1. The van der Waals surface area contributed by atoms with Crippen LogP contribution in [0.5, 0.6) is 5.75 Å². The number of carbonyl (C=O) groups excluding carboxylic acids is 2. The number of nitrogens with one attached hydrogen (secondary N) is 1. The summed E-state index contributed by atoms with van der Waals surface area (Å²) in [6, 6.07) is 23.7. The van der Waals surface area contributed by atoms with Gasteiger partial charge in [-0.1, -0.05) is 71.9 Å². The van der Waals surface area contributed by atoms with E-state index in [1.54, 1.807) is 24.1 Å². The van der Waals surface area contributed by atoms with Gasteiger partial charge < -0.3 is 14.6 Å². The Morgan fingerprint density at radius 3 is 2.23 bits per heavy atom. The third-order valence-electron chi connectivity index (χ3n) is 6.21. The van der Waals surface area contributed by atoms with Crippen LogP contribution in [0.4, 0.5) is 5.69 Å². The summed E-state index contributed by atoms with van der Waals surface area (Å²) in [4.78, 5) is 29.4. The van der Waals surface area contributed by atoms with Crippen LogP contribution in [0.2, 0.25) is 0 Å². The summed E-state index contributed by atoms with van der Waals surface area (Å²) in [6.45, 7) is 7.74. The SMILES string of the molecule is COc1ccc([C@@H](C(=O)NC(C)(C)C)N(C(=O)CSc2nnc(-c3ccccc3)n2C)c2ccc(C)cc2)cc1. The molecule has 9 heteroatoms. The Kier molecular flexibility index (Phi) is 8.94. The molecule has 208 valence electrons. The Morgan fingerprint density at radius 2 is 1.62 bits per heavy atom. The molecule has 0 radical (unpaired) electrons. The molecule has 1 N–H and O–H groups in total. The fourth-order valence-electron chi connectivity index (χ4n) is 4.26. The number of hydrogen-bond donors (Lipinski definition) is 1. The molecule has 4 rings (SSSR count). The summed E-state index contributed by atoms with van der Waals surface area (Å²) >= 11 is 1.29. The molecule has 0 saturated carbocycles. The molecule has 0 aliphatic carbocycles. The molecule has 0 aliphatic rings. The van der Waals surface area contributed by atoms with E-state index in [9.17, 15) is 9.59 Å². The predicted octanol–water partition coefficient (Wildman–Crippen LogP) is 5.58. The van der Waals surface area contributed by atoms with E-state index < -0.39 is 11.6 Å². The van der Waals surface area contributed by atoms with Crippen LogP contribution >= 0.6 is 11.8 Å². The molecule has 0 saturated heterocycles. The van der Waals surface area contributed by atoms with Crippen molar-refractivity contribution in [1.29, 1.82) is 0 Å². The number of amides is 2. The lowest BCUT2D eigenvalue weighted by molar-refractivity contribution is -0.127. The van der Waals surface area contributed by atoms with Crippen molar-refractivity contribution < 1.29 is 14.3 Å². The summed E-state index contributed by atoms with van der Waals surface area (Å²) in [5.74, 6) is 0.930. The average molecular weight is 558 g/mol. The van der Waals surface area contributed by atoms with Gasteiger partial charge in [0.1, 0.15) is 11.8 Å². The van der Waals surface area contributed by atoms with Crippen molar-refractivity contribution in [1.82, 2.24) is 20.1 Å². The molecule has 0 unspecified atom stereocenters. The Morgan fingerprint density at radius 1 is 0.975 bits per heavy atom. The summed E-state index contributed by atoms with van der Waals surface area (Å²) in [7, 11) is 3.47. The third kappa shape index (κ3) is 6.90. The van der Waals surface area contributed by atoms with E-state index in [0.29, 0.717) is 28.0 Å². The van der Waals surface area contributed by atoms with Crippen molar-refractivity contribution in [2.24, 2.45) is 7.05 Å². The van der Waals surface area contributed by atoms with Gasteiger partial charge in [-0.3, -0.25) is 14.5 Å². The minimum atomic E-state index is -0.902. The van der Waals surface area contributed by atoms with Crippen molar-refractivity contribution in [2.45, 2.75) is 44.4 Å². The highest BCUT2D eigenvalue weighted by Gasteiger charge is 2.34. The van der Waals surface area contributed by atoms with Crippen LogP contribution in [0.1, 0.15) is 37.9 Å². The van der Waals surface area contributed by atoms with E-state index in [1.807, 2.05) is 106 Å². The van der Waals surface area contributed by atoms with Crippen LogP contribution in [0, 0.1) is 6.92 Å². The lowest BCUT2D eigenvalue weighted by Gasteiger charge is -2.34. The van der Waals surface area contributed by atoms with Crippen LogP contribution in [0.25, 0.3) is 11.4 Å². The smallest absolute Gasteiger partial charge is 0.248 e. The highest BCUT2D eigenvalue weighted by molar-refractivity contribution is 7.99. The van der Waals surface area contributed by atoms with Gasteiger partial charge >= 0.3 is 0 Å². The second-order valence-electron chi connectivity index (χ2n) is 10.5. The Bertz CT molecular complexity index is 1450. The second kappa shape index (κ2) is 12.4. The molecular weight excluding hydrogens is 522 g/mol. The zero-order chi connectivity index (χ0) is 28.9. The van der Waals surface area contributed by atoms with Crippen LogP contribution in [-0.2, 0) is 16.6 Å². The molecule has 40 heavy (non-hydrogen) atoms. The number of methoxy groups -OCH3 is 1. The summed E-state index contributed by atoms with van der Waals surface area (Å²) in [6.07, 6.45) is 0. The molecule has 0 spiro atoms. The number of anilines is 1. The quantitative estimate of drug-likeness (QED) is 0.270. The van der Waals surface area contributed by atoms with Crippen molar-refractivity contribution in [3.63, 3.8) is 0 Å². The van der Waals surface area contributed by atoms with Gasteiger partial charge in [-0.05, 0) is 57.5 Å². The van der Waals surface area contributed by atoms with E-state index in [2.05, 4.69) is 15.5 Å². The number of rotatable bonds is 9. The normalized spacial score (nSPS) is 12.1. The average Bonchev–Trinajstić information content (AvgIpc) is 3.30. The molecular formula is C31H35N5O3S. The molecule has 8 nitrogen and oxygen atoms in total. The second-order valence-corrected chi connectivity index (χ2v) is 11.5. The maximum absolute atomic E-state index is 14.0. The fraction of sp³-hybridized carbons (Fsp3) is 0.290. The maximum atomic E-state index is 14.0. The molecule has 0 aliphatic heterocycles. The van der Waals surface area contributed by atoms with Crippen molar-refractivity contribution in [2.75, 3.05) is 17.8 Å². The zero-order valence-corrected chi connectivity index (χ0v) is 24.5. The molecule has 3 aromatic carbocycles. The maximum Gasteiger partial charge on any atom is 0.248 e. The largest absolute Gasteiger partial charge is 0.497 e. The fourth-order valence-corrected chi connectivity index (χ4v) is 5.03. The minimum Gasteiger partial charge on any atom is -0.497 e. The van der Waals surface area contributed by atoms with Crippen molar-refractivity contribution in [3.8, 4) is 17.1 Å². The molecule has 2 amide bonds. The van der Waals surface area contributed by atoms with Crippen LogP contribution in [0.15, 0.2) is 84.0 Å². The van der Waals surface area contributed by atoms with Crippen molar-refractivity contribution in [3.05, 3.63) is 90.0 Å². The number of hydrogen-bond acceptors (Lipinski definition) is 6. The van der Waals surface area contributed by atoms with Crippen LogP contribution in [-0.4, -0.2) is 45.0 Å². The first-order valence-corrected chi connectivity index (χ1v) is 14.0. The van der Waals surface area contributed by atoms with Gasteiger partial charge in [-0.25, -0.2) is 0 Å². The molecule has 1 aromatic heterocycles. The van der Waals surface area contributed by atoms with E-state index in [-0.39, 0.29) is 17.6 Å². The molecule has 0 fully saturated rings. The van der Waals surface area contributed by atoms with E-state index in [0.717, 1.165) is 11.1 Å².